The topological polar surface area (TPSA) is 46.2 Å². The van der Waals surface area contributed by atoms with Crippen molar-refractivity contribution in [2.24, 2.45) is 5.41 Å². The third kappa shape index (κ3) is 4.42. The van der Waals surface area contributed by atoms with Crippen molar-refractivity contribution in [3.63, 3.8) is 0 Å². The number of sulfone groups is 1. The van der Waals surface area contributed by atoms with E-state index in [1.165, 1.54) is 0 Å². The van der Waals surface area contributed by atoms with E-state index in [0.29, 0.717) is 0 Å². The zero-order valence-electron chi connectivity index (χ0n) is 11.7. The van der Waals surface area contributed by atoms with E-state index < -0.39 is 14.6 Å². The average molecular weight is 249 g/mol. The molecule has 0 spiro atoms. The quantitative estimate of drug-likeness (QED) is 0.831. The first kappa shape index (κ1) is 15.9. The fraction of sp³-hybridized carbons (Fsp3) is 1.00. The minimum Gasteiger partial charge on any atom is -0.313 e. The number of nitrogens with one attached hydrogen (secondary N) is 1. The summed E-state index contributed by atoms with van der Waals surface area (Å²) in [6.45, 7) is 14.3. The first-order valence-corrected chi connectivity index (χ1v) is 7.52. The van der Waals surface area contributed by atoms with Crippen molar-refractivity contribution in [1.82, 2.24) is 5.32 Å². The van der Waals surface area contributed by atoms with E-state index in [1.807, 2.05) is 6.92 Å². The number of rotatable bonds is 4. The summed E-state index contributed by atoms with van der Waals surface area (Å²) in [5.74, 6) is 0.202. The maximum absolute atomic E-state index is 12.1. The zero-order chi connectivity index (χ0) is 13.2. The van der Waals surface area contributed by atoms with Crippen LogP contribution in [-0.4, -0.2) is 31.5 Å². The first-order valence-electron chi connectivity index (χ1n) is 5.87. The molecule has 0 saturated heterocycles. The van der Waals surface area contributed by atoms with Gasteiger partial charge in [-0.3, -0.25) is 0 Å². The SMILES string of the molecule is CCNC(CS(=O)(=O)C(C)(C)C)C(C)(C)C. The average Bonchev–Trinajstić information content (AvgIpc) is 1.99. The first-order chi connectivity index (χ1) is 6.92. The molecule has 1 atom stereocenters. The predicted molar refractivity (Wildman–Crippen MR) is 70.5 cm³/mol. The molecule has 4 heteroatoms. The normalized spacial score (nSPS) is 16.2. The molecule has 98 valence electrons. The minimum absolute atomic E-state index is 0.00160. The molecule has 0 saturated carbocycles. The maximum atomic E-state index is 12.1. The Morgan fingerprint density at radius 3 is 1.75 bits per heavy atom. The standard InChI is InChI=1S/C12H27NO2S/c1-8-13-10(11(2,3)4)9-16(14,15)12(5,6)7/h10,13H,8-9H2,1-7H3. The molecule has 0 aromatic rings. The molecule has 0 fully saturated rings. The van der Waals surface area contributed by atoms with Gasteiger partial charge in [-0.05, 0) is 32.7 Å². The van der Waals surface area contributed by atoms with Gasteiger partial charge in [-0.15, -0.1) is 0 Å². The Kier molecular flexibility index (Phi) is 5.02. The summed E-state index contributed by atoms with van der Waals surface area (Å²) in [5, 5.41) is 3.27. The molecule has 0 aliphatic heterocycles. The van der Waals surface area contributed by atoms with Crippen LogP contribution in [0.2, 0.25) is 0 Å². The van der Waals surface area contributed by atoms with Crippen molar-refractivity contribution in [1.29, 1.82) is 0 Å². The van der Waals surface area contributed by atoms with Crippen LogP contribution in [0.3, 0.4) is 0 Å². The van der Waals surface area contributed by atoms with Crippen molar-refractivity contribution in [3.8, 4) is 0 Å². The molecule has 0 radical (unpaired) electrons. The highest BCUT2D eigenvalue weighted by atomic mass is 32.2. The fourth-order valence-corrected chi connectivity index (χ4v) is 2.89. The highest BCUT2D eigenvalue weighted by Gasteiger charge is 2.35. The Hall–Kier alpha value is -0.0900. The van der Waals surface area contributed by atoms with Crippen LogP contribution in [0.1, 0.15) is 48.5 Å². The van der Waals surface area contributed by atoms with Gasteiger partial charge in [-0.1, -0.05) is 27.7 Å². The number of hydrogen-bond donors (Lipinski definition) is 1. The van der Waals surface area contributed by atoms with Gasteiger partial charge in [0.05, 0.1) is 10.5 Å². The highest BCUT2D eigenvalue weighted by molar-refractivity contribution is 7.92. The van der Waals surface area contributed by atoms with Crippen LogP contribution >= 0.6 is 0 Å². The van der Waals surface area contributed by atoms with Crippen LogP contribution in [0.25, 0.3) is 0 Å². The third-order valence-electron chi connectivity index (χ3n) is 2.82. The second-order valence-electron chi connectivity index (χ2n) is 6.37. The van der Waals surface area contributed by atoms with Gasteiger partial charge in [0, 0.05) is 6.04 Å². The van der Waals surface area contributed by atoms with Crippen molar-refractivity contribution in [2.75, 3.05) is 12.3 Å². The minimum atomic E-state index is -3.06. The summed E-state index contributed by atoms with van der Waals surface area (Å²) in [6, 6.07) is 0.00160. The molecule has 1 N–H and O–H groups in total. The summed E-state index contributed by atoms with van der Waals surface area (Å²) in [4.78, 5) is 0. The van der Waals surface area contributed by atoms with E-state index in [9.17, 15) is 8.42 Å². The van der Waals surface area contributed by atoms with Crippen LogP contribution in [0, 0.1) is 5.41 Å². The van der Waals surface area contributed by atoms with Crippen molar-refractivity contribution < 1.29 is 8.42 Å². The highest BCUT2D eigenvalue weighted by Crippen LogP contribution is 2.25. The lowest BCUT2D eigenvalue weighted by molar-refractivity contribution is 0.291. The van der Waals surface area contributed by atoms with E-state index in [2.05, 4.69) is 26.1 Å². The molecule has 16 heavy (non-hydrogen) atoms. The lowest BCUT2D eigenvalue weighted by Crippen LogP contribution is -2.48. The van der Waals surface area contributed by atoms with E-state index in [-0.39, 0.29) is 17.2 Å². The largest absolute Gasteiger partial charge is 0.313 e. The van der Waals surface area contributed by atoms with Gasteiger partial charge < -0.3 is 5.32 Å². The molecule has 1 unspecified atom stereocenters. The molecule has 0 aromatic carbocycles. The smallest absolute Gasteiger partial charge is 0.156 e. The van der Waals surface area contributed by atoms with Gasteiger partial charge >= 0.3 is 0 Å². The molecule has 3 nitrogen and oxygen atoms in total. The van der Waals surface area contributed by atoms with E-state index in [4.69, 9.17) is 0 Å². The molecule has 0 rings (SSSR count). The molecule has 0 heterocycles. The van der Waals surface area contributed by atoms with Gasteiger partial charge in [0.1, 0.15) is 0 Å². The Morgan fingerprint density at radius 2 is 1.50 bits per heavy atom. The second kappa shape index (κ2) is 5.05. The Morgan fingerprint density at radius 1 is 1.06 bits per heavy atom. The molecule has 0 aromatic heterocycles. The van der Waals surface area contributed by atoms with Crippen molar-refractivity contribution >= 4 is 9.84 Å². The third-order valence-corrected chi connectivity index (χ3v) is 5.45. The van der Waals surface area contributed by atoms with Crippen LogP contribution in [0.5, 0.6) is 0 Å². The van der Waals surface area contributed by atoms with Gasteiger partial charge in [0.2, 0.25) is 0 Å². The summed E-state index contributed by atoms with van der Waals surface area (Å²) in [7, 11) is -3.06. The molecule has 0 bridgehead atoms. The van der Waals surface area contributed by atoms with Gasteiger partial charge in [-0.2, -0.15) is 0 Å². The molecule has 0 amide bonds. The van der Waals surface area contributed by atoms with Crippen LogP contribution in [-0.2, 0) is 9.84 Å². The summed E-state index contributed by atoms with van der Waals surface area (Å²) in [6.07, 6.45) is 0. The number of hydrogen-bond acceptors (Lipinski definition) is 3. The fourth-order valence-electron chi connectivity index (χ4n) is 1.33. The van der Waals surface area contributed by atoms with Gasteiger partial charge in [-0.25, -0.2) is 8.42 Å². The van der Waals surface area contributed by atoms with E-state index in [0.717, 1.165) is 6.54 Å². The summed E-state index contributed by atoms with van der Waals surface area (Å²) < 4.78 is 23.6. The van der Waals surface area contributed by atoms with Crippen LogP contribution < -0.4 is 5.32 Å². The van der Waals surface area contributed by atoms with E-state index in [1.54, 1.807) is 20.8 Å². The Balaban J connectivity index is 4.92. The monoisotopic (exact) mass is 249 g/mol. The Bertz CT molecular complexity index is 307. The predicted octanol–water partition coefficient (Wildman–Crippen LogP) is 2.22. The molecule has 0 aliphatic carbocycles. The van der Waals surface area contributed by atoms with Gasteiger partial charge in [0.15, 0.2) is 9.84 Å². The Labute approximate surface area is 101 Å². The maximum Gasteiger partial charge on any atom is 0.156 e. The molecular weight excluding hydrogens is 222 g/mol. The van der Waals surface area contributed by atoms with Crippen molar-refractivity contribution in [3.05, 3.63) is 0 Å². The lowest BCUT2D eigenvalue weighted by Gasteiger charge is -2.33. The molecule has 0 aliphatic rings. The summed E-state index contributed by atoms with van der Waals surface area (Å²) >= 11 is 0. The second-order valence-corrected chi connectivity index (χ2v) is 9.16. The summed E-state index contributed by atoms with van der Waals surface area (Å²) in [5.41, 5.74) is -0.0473. The zero-order valence-corrected chi connectivity index (χ0v) is 12.5. The van der Waals surface area contributed by atoms with E-state index >= 15 is 0 Å². The van der Waals surface area contributed by atoms with Crippen molar-refractivity contribution in [2.45, 2.75) is 59.3 Å². The van der Waals surface area contributed by atoms with Crippen LogP contribution in [0.4, 0.5) is 0 Å². The molecular formula is C12H27NO2S. The van der Waals surface area contributed by atoms with Gasteiger partial charge in [0.25, 0.3) is 0 Å². The van der Waals surface area contributed by atoms with Crippen LogP contribution in [0.15, 0.2) is 0 Å². The lowest BCUT2D eigenvalue weighted by atomic mass is 9.88.